The van der Waals surface area contributed by atoms with Gasteiger partial charge in [0.15, 0.2) is 0 Å². The Morgan fingerprint density at radius 1 is 1.00 bits per heavy atom. The third-order valence-corrected chi connectivity index (χ3v) is 5.23. The molecule has 0 spiro atoms. The molecule has 84 valence electrons. The summed E-state index contributed by atoms with van der Waals surface area (Å²) in [5.74, 6) is 0. The minimum absolute atomic E-state index is 0. The molecule has 0 saturated carbocycles. The smallest absolute Gasteiger partial charge is 0.112 e. The molecule has 0 bridgehead atoms. The second-order valence-electron chi connectivity index (χ2n) is 5.02. The van der Waals surface area contributed by atoms with E-state index in [-0.39, 0.29) is 26.0 Å². The van der Waals surface area contributed by atoms with E-state index in [0.717, 1.165) is 0 Å². The predicted octanol–water partition coefficient (Wildman–Crippen LogP) is 2.83. The van der Waals surface area contributed by atoms with Gasteiger partial charge in [0.2, 0.25) is 0 Å². The SMILES string of the molecule is CC(C)(C)[SH](C(N)=S)C(C)(C)C.[Ni]. The topological polar surface area (TPSA) is 26.0 Å². The van der Waals surface area contributed by atoms with Crippen molar-refractivity contribution in [2.45, 2.75) is 51.0 Å². The summed E-state index contributed by atoms with van der Waals surface area (Å²) in [6.45, 7) is 13.3. The van der Waals surface area contributed by atoms with Crippen LogP contribution in [0.1, 0.15) is 41.5 Å². The number of thiocarbonyl (C=S) groups is 1. The second kappa shape index (κ2) is 5.00. The molecule has 0 aromatic carbocycles. The second-order valence-corrected chi connectivity index (χ2v) is 9.59. The first-order valence-electron chi connectivity index (χ1n) is 4.16. The molecule has 4 heteroatoms. The zero-order chi connectivity index (χ0) is 10.2. The van der Waals surface area contributed by atoms with Crippen molar-refractivity contribution in [3.05, 3.63) is 0 Å². The summed E-state index contributed by atoms with van der Waals surface area (Å²) < 4.78 is 1.14. The summed E-state index contributed by atoms with van der Waals surface area (Å²) in [6.07, 6.45) is 0. The van der Waals surface area contributed by atoms with E-state index in [4.69, 9.17) is 18.0 Å². The summed E-state index contributed by atoms with van der Waals surface area (Å²) in [7, 11) is -0.392. The van der Waals surface area contributed by atoms with Crippen molar-refractivity contribution in [3.63, 3.8) is 0 Å². The number of hydrogen-bond donors (Lipinski definition) is 2. The van der Waals surface area contributed by atoms with Crippen molar-refractivity contribution in [1.82, 2.24) is 0 Å². The van der Waals surface area contributed by atoms with E-state index in [1.807, 2.05) is 0 Å². The van der Waals surface area contributed by atoms with Gasteiger partial charge in [-0.25, -0.2) is 0 Å². The first-order valence-corrected chi connectivity index (χ1v) is 5.91. The number of rotatable bonds is 0. The van der Waals surface area contributed by atoms with E-state index in [1.54, 1.807) is 0 Å². The number of thiol groups is 1. The van der Waals surface area contributed by atoms with Crippen LogP contribution >= 0.6 is 23.1 Å². The Morgan fingerprint density at radius 2 is 1.23 bits per heavy atom. The molecule has 2 N–H and O–H groups in total. The van der Waals surface area contributed by atoms with Crippen LogP contribution in [0, 0.1) is 0 Å². The van der Waals surface area contributed by atoms with E-state index >= 15 is 0 Å². The average molecular weight is 266 g/mol. The molecule has 0 heterocycles. The Morgan fingerprint density at radius 3 is 1.23 bits per heavy atom. The maximum absolute atomic E-state index is 5.77. The van der Waals surface area contributed by atoms with Crippen LogP contribution in [0.4, 0.5) is 0 Å². The normalized spacial score (nSPS) is 13.2. The summed E-state index contributed by atoms with van der Waals surface area (Å²) in [5.41, 5.74) is 5.77. The van der Waals surface area contributed by atoms with Gasteiger partial charge in [0.1, 0.15) is 4.32 Å². The molecule has 0 unspecified atom stereocenters. The average Bonchev–Trinajstić information content (AvgIpc) is 1.49. The Kier molecular flexibility index (Phi) is 6.22. The van der Waals surface area contributed by atoms with Crippen molar-refractivity contribution in [2.24, 2.45) is 5.73 Å². The summed E-state index contributed by atoms with van der Waals surface area (Å²) >= 11 is 5.12. The van der Waals surface area contributed by atoms with Crippen LogP contribution in [0.5, 0.6) is 0 Å². The van der Waals surface area contributed by atoms with Crippen molar-refractivity contribution in [2.75, 3.05) is 0 Å². The molecule has 0 amide bonds. The maximum atomic E-state index is 5.77. The molecule has 0 saturated heterocycles. The first-order chi connectivity index (χ1) is 5.07. The Bertz CT molecular complexity index is 165. The van der Waals surface area contributed by atoms with Crippen molar-refractivity contribution in [1.29, 1.82) is 0 Å². The molecule has 0 atom stereocenters. The minimum Gasteiger partial charge on any atom is -0.386 e. The summed E-state index contributed by atoms with van der Waals surface area (Å²) in [5, 5.41) is 0. The van der Waals surface area contributed by atoms with E-state index in [9.17, 15) is 0 Å². The van der Waals surface area contributed by atoms with Gasteiger partial charge in [0, 0.05) is 16.5 Å². The van der Waals surface area contributed by atoms with Crippen molar-refractivity contribution in [3.8, 4) is 0 Å². The number of nitrogens with two attached hydrogens (primary N) is 1. The Hall–Kier alpha value is 0.734. The molecule has 0 rings (SSSR count). The van der Waals surface area contributed by atoms with Gasteiger partial charge in [-0.15, -0.1) is 0 Å². The molecule has 0 aromatic rings. The van der Waals surface area contributed by atoms with Gasteiger partial charge in [-0.2, -0.15) is 10.9 Å². The maximum Gasteiger partial charge on any atom is 0.112 e. The molecule has 0 aliphatic heterocycles. The van der Waals surface area contributed by atoms with E-state index in [1.165, 1.54) is 0 Å². The van der Waals surface area contributed by atoms with Gasteiger partial charge in [-0.1, -0.05) is 53.8 Å². The van der Waals surface area contributed by atoms with Gasteiger partial charge < -0.3 is 5.73 Å². The molecule has 0 fully saturated rings. The fourth-order valence-electron chi connectivity index (χ4n) is 1.67. The fraction of sp³-hybridized carbons (Fsp3) is 0.889. The Labute approximate surface area is 100 Å². The third-order valence-electron chi connectivity index (χ3n) is 1.56. The van der Waals surface area contributed by atoms with Crippen molar-refractivity contribution < 1.29 is 16.5 Å². The molecule has 13 heavy (non-hydrogen) atoms. The van der Waals surface area contributed by atoms with Crippen LogP contribution < -0.4 is 5.73 Å². The van der Waals surface area contributed by atoms with Crippen LogP contribution in [-0.2, 0) is 16.5 Å². The monoisotopic (exact) mass is 265 g/mol. The zero-order valence-electron chi connectivity index (χ0n) is 9.25. The largest absolute Gasteiger partial charge is 0.386 e. The molecular formula is C9H21NNiS2. The van der Waals surface area contributed by atoms with Crippen molar-refractivity contribution >= 4 is 27.4 Å². The van der Waals surface area contributed by atoms with Crippen LogP contribution in [0.25, 0.3) is 0 Å². The molecule has 1 nitrogen and oxygen atoms in total. The van der Waals surface area contributed by atoms with E-state index in [2.05, 4.69) is 41.5 Å². The summed E-state index contributed by atoms with van der Waals surface area (Å²) in [6, 6.07) is 0. The zero-order valence-corrected chi connectivity index (χ0v) is 11.9. The minimum atomic E-state index is -0.392. The standard InChI is InChI=1S/C9H21NS2.Ni/c1-8(2,3)12(7(10)11)9(4,5)6;/h12H,1-6H3,(H2,10,11);. The van der Waals surface area contributed by atoms with Crippen LogP contribution in [0.2, 0.25) is 0 Å². The van der Waals surface area contributed by atoms with Crippen LogP contribution in [0.3, 0.4) is 0 Å². The van der Waals surface area contributed by atoms with Crippen LogP contribution in [0.15, 0.2) is 0 Å². The number of hydrogen-bond acceptors (Lipinski definition) is 1. The molecule has 0 radical (unpaired) electrons. The molecule has 0 aromatic heterocycles. The van der Waals surface area contributed by atoms with E-state index < -0.39 is 10.9 Å². The van der Waals surface area contributed by atoms with Gasteiger partial charge in [0.05, 0.1) is 0 Å². The fourth-order valence-corrected chi connectivity index (χ4v) is 6.65. The van der Waals surface area contributed by atoms with Gasteiger partial charge in [0.25, 0.3) is 0 Å². The van der Waals surface area contributed by atoms with Crippen LogP contribution in [-0.4, -0.2) is 13.8 Å². The summed E-state index contributed by atoms with van der Waals surface area (Å²) in [4.78, 5) is 0. The van der Waals surface area contributed by atoms with E-state index in [0.29, 0.717) is 4.32 Å². The quantitative estimate of drug-likeness (QED) is 0.400. The molecule has 0 aliphatic carbocycles. The molecule has 0 aliphatic rings. The van der Waals surface area contributed by atoms with Gasteiger partial charge in [-0.05, 0) is 9.49 Å². The van der Waals surface area contributed by atoms with Gasteiger partial charge in [-0.3, -0.25) is 0 Å². The van der Waals surface area contributed by atoms with Gasteiger partial charge >= 0.3 is 0 Å². The molecular weight excluding hydrogens is 245 g/mol. The first kappa shape index (κ1) is 16.2. The Balaban J connectivity index is 0. The predicted molar refractivity (Wildman–Crippen MR) is 65.3 cm³/mol. The third kappa shape index (κ3) is 5.24.